The summed E-state index contributed by atoms with van der Waals surface area (Å²) < 4.78 is 0.916. The molecule has 0 radical (unpaired) electrons. The van der Waals surface area contributed by atoms with Crippen LogP contribution in [0.3, 0.4) is 0 Å². The molecule has 1 aliphatic carbocycles. The fourth-order valence-corrected chi connectivity index (χ4v) is 4.04. The Morgan fingerprint density at radius 1 is 1.50 bits per heavy atom. The number of nitrogens with zero attached hydrogens (tertiary/aromatic N) is 1. The third-order valence-corrected chi connectivity index (χ3v) is 5.51. The van der Waals surface area contributed by atoms with Gasteiger partial charge in [0.05, 0.1) is 6.07 Å². The van der Waals surface area contributed by atoms with Crippen LogP contribution >= 0.6 is 27.7 Å². The minimum atomic E-state index is -0.176. The van der Waals surface area contributed by atoms with Crippen LogP contribution in [0.15, 0.2) is 33.6 Å². The van der Waals surface area contributed by atoms with Crippen LogP contribution in [0.5, 0.6) is 0 Å². The fourth-order valence-electron chi connectivity index (χ4n) is 2.10. The molecule has 0 N–H and O–H groups in total. The number of halogens is 1. The van der Waals surface area contributed by atoms with Crippen LogP contribution in [0.4, 0.5) is 0 Å². The first-order chi connectivity index (χ1) is 7.69. The first-order valence-corrected chi connectivity index (χ1v) is 7.15. The number of nitriles is 1. The largest absolute Gasteiger partial charge is 0.197 e. The Bertz CT molecular complexity index is 418. The predicted molar refractivity (Wildman–Crippen MR) is 71.4 cm³/mol. The quantitative estimate of drug-likeness (QED) is 0.812. The summed E-state index contributed by atoms with van der Waals surface area (Å²) in [5, 5.41) is 9.32. The number of rotatable bonds is 3. The molecule has 0 bridgehead atoms. The van der Waals surface area contributed by atoms with Gasteiger partial charge in [-0.05, 0) is 46.8 Å². The summed E-state index contributed by atoms with van der Waals surface area (Å²) in [5.74, 6) is 0.745. The highest BCUT2D eigenvalue weighted by Gasteiger charge is 2.44. The van der Waals surface area contributed by atoms with E-state index in [0.717, 1.165) is 23.2 Å². The van der Waals surface area contributed by atoms with Gasteiger partial charge in [-0.1, -0.05) is 25.5 Å². The minimum absolute atomic E-state index is 0.176. The topological polar surface area (TPSA) is 23.8 Å². The summed E-state index contributed by atoms with van der Waals surface area (Å²) in [6, 6.07) is 10.6. The highest BCUT2D eigenvalue weighted by atomic mass is 79.9. The lowest BCUT2D eigenvalue weighted by Gasteiger charge is -2.41. The van der Waals surface area contributed by atoms with E-state index in [0.29, 0.717) is 0 Å². The molecule has 1 aliphatic rings. The van der Waals surface area contributed by atoms with E-state index in [-0.39, 0.29) is 4.75 Å². The first kappa shape index (κ1) is 12.0. The molecule has 1 fully saturated rings. The van der Waals surface area contributed by atoms with E-state index in [1.165, 1.54) is 11.3 Å². The number of hydrogen-bond acceptors (Lipinski definition) is 2. The van der Waals surface area contributed by atoms with Crippen molar-refractivity contribution < 1.29 is 0 Å². The molecule has 3 heteroatoms. The van der Waals surface area contributed by atoms with Gasteiger partial charge in [0, 0.05) is 9.37 Å². The van der Waals surface area contributed by atoms with Gasteiger partial charge in [-0.25, -0.2) is 0 Å². The summed E-state index contributed by atoms with van der Waals surface area (Å²) in [6.45, 7) is 2.20. The number of benzene rings is 1. The molecule has 0 amide bonds. The van der Waals surface area contributed by atoms with Crippen molar-refractivity contribution in [2.75, 3.05) is 0 Å². The van der Waals surface area contributed by atoms with E-state index in [9.17, 15) is 5.26 Å². The molecular formula is C13H14BrNS. The summed E-state index contributed by atoms with van der Waals surface area (Å²) in [6.07, 6.45) is 3.26. The molecule has 0 spiro atoms. The van der Waals surface area contributed by atoms with Crippen molar-refractivity contribution in [1.29, 1.82) is 5.26 Å². The molecule has 1 nitrogen and oxygen atoms in total. The Kier molecular flexibility index (Phi) is 3.61. The van der Waals surface area contributed by atoms with Crippen LogP contribution < -0.4 is 0 Å². The third-order valence-electron chi connectivity index (χ3n) is 3.16. The summed E-state index contributed by atoms with van der Waals surface area (Å²) in [7, 11) is 0. The van der Waals surface area contributed by atoms with Crippen molar-refractivity contribution in [2.45, 2.75) is 35.8 Å². The minimum Gasteiger partial charge on any atom is -0.197 e. The molecule has 0 saturated heterocycles. The standard InChI is InChI=1S/C13H14BrNS/c1-2-10-7-13(8-10,9-15)16-12-6-4-3-5-11(12)14/h3-6,10H,2,7-8H2,1H3. The maximum atomic E-state index is 9.32. The van der Waals surface area contributed by atoms with Gasteiger partial charge in [-0.3, -0.25) is 0 Å². The molecule has 1 saturated carbocycles. The lowest BCUT2D eigenvalue weighted by atomic mass is 9.73. The Morgan fingerprint density at radius 3 is 2.75 bits per heavy atom. The van der Waals surface area contributed by atoms with Crippen molar-refractivity contribution in [3.8, 4) is 6.07 Å². The van der Waals surface area contributed by atoms with Gasteiger partial charge < -0.3 is 0 Å². The highest BCUT2D eigenvalue weighted by molar-refractivity contribution is 9.10. The Hall–Kier alpha value is -0.460. The number of thioether (sulfide) groups is 1. The zero-order chi connectivity index (χ0) is 11.6. The van der Waals surface area contributed by atoms with Crippen molar-refractivity contribution in [3.05, 3.63) is 28.7 Å². The van der Waals surface area contributed by atoms with Gasteiger partial charge in [0.1, 0.15) is 4.75 Å². The summed E-state index contributed by atoms with van der Waals surface area (Å²) >= 11 is 5.25. The Labute approximate surface area is 109 Å². The zero-order valence-corrected chi connectivity index (χ0v) is 11.6. The van der Waals surface area contributed by atoms with Crippen LogP contribution in [0.25, 0.3) is 0 Å². The van der Waals surface area contributed by atoms with E-state index in [2.05, 4.69) is 35.0 Å². The molecule has 2 rings (SSSR count). The normalized spacial score (nSPS) is 28.2. The maximum Gasteiger partial charge on any atom is 0.108 e. The second kappa shape index (κ2) is 4.81. The predicted octanol–water partition coefficient (Wildman–Crippen LogP) is 4.62. The molecular weight excluding hydrogens is 282 g/mol. The fraction of sp³-hybridized carbons (Fsp3) is 0.462. The molecule has 16 heavy (non-hydrogen) atoms. The van der Waals surface area contributed by atoms with Crippen LogP contribution in [-0.2, 0) is 0 Å². The average molecular weight is 296 g/mol. The summed E-state index contributed by atoms with van der Waals surface area (Å²) in [4.78, 5) is 1.18. The van der Waals surface area contributed by atoms with E-state index in [1.807, 2.05) is 18.2 Å². The maximum absolute atomic E-state index is 9.32. The Balaban J connectivity index is 2.10. The number of hydrogen-bond donors (Lipinski definition) is 0. The van der Waals surface area contributed by atoms with Crippen LogP contribution in [0.1, 0.15) is 26.2 Å². The molecule has 0 atom stereocenters. The smallest absolute Gasteiger partial charge is 0.108 e. The van der Waals surface area contributed by atoms with Crippen LogP contribution in [0, 0.1) is 17.2 Å². The van der Waals surface area contributed by atoms with Crippen molar-refractivity contribution in [1.82, 2.24) is 0 Å². The van der Waals surface area contributed by atoms with E-state index < -0.39 is 0 Å². The van der Waals surface area contributed by atoms with Gasteiger partial charge in [0.2, 0.25) is 0 Å². The average Bonchev–Trinajstić information content (AvgIpc) is 2.25. The molecule has 0 aliphatic heterocycles. The lowest BCUT2D eigenvalue weighted by Crippen LogP contribution is -2.39. The molecule has 0 unspecified atom stereocenters. The van der Waals surface area contributed by atoms with Gasteiger partial charge in [0.15, 0.2) is 0 Å². The molecule has 1 aromatic carbocycles. The third kappa shape index (κ3) is 2.28. The van der Waals surface area contributed by atoms with Crippen molar-refractivity contribution >= 4 is 27.7 Å². The Morgan fingerprint density at radius 2 is 2.19 bits per heavy atom. The second-order valence-corrected chi connectivity index (χ2v) is 6.60. The van der Waals surface area contributed by atoms with E-state index >= 15 is 0 Å². The van der Waals surface area contributed by atoms with Crippen molar-refractivity contribution in [2.24, 2.45) is 5.92 Å². The summed E-state index contributed by atoms with van der Waals surface area (Å²) in [5.41, 5.74) is 0. The van der Waals surface area contributed by atoms with Crippen LogP contribution in [0.2, 0.25) is 0 Å². The first-order valence-electron chi connectivity index (χ1n) is 5.54. The zero-order valence-electron chi connectivity index (χ0n) is 9.24. The van der Waals surface area contributed by atoms with Crippen molar-refractivity contribution in [3.63, 3.8) is 0 Å². The van der Waals surface area contributed by atoms with Crippen LogP contribution in [-0.4, -0.2) is 4.75 Å². The van der Waals surface area contributed by atoms with Gasteiger partial charge in [-0.2, -0.15) is 5.26 Å². The van der Waals surface area contributed by atoms with E-state index in [4.69, 9.17) is 0 Å². The monoisotopic (exact) mass is 295 g/mol. The molecule has 84 valence electrons. The van der Waals surface area contributed by atoms with Gasteiger partial charge in [0.25, 0.3) is 0 Å². The highest BCUT2D eigenvalue weighted by Crippen LogP contribution is 2.52. The second-order valence-electron chi connectivity index (χ2n) is 4.32. The van der Waals surface area contributed by atoms with Gasteiger partial charge in [-0.15, -0.1) is 11.8 Å². The lowest BCUT2D eigenvalue weighted by molar-refractivity contribution is 0.269. The van der Waals surface area contributed by atoms with Gasteiger partial charge >= 0.3 is 0 Å². The van der Waals surface area contributed by atoms with E-state index in [1.54, 1.807) is 11.8 Å². The molecule has 1 aromatic rings. The molecule has 0 aromatic heterocycles. The molecule has 0 heterocycles. The SMILES string of the molecule is CCC1CC(C#N)(Sc2ccccc2Br)C1.